The molecule has 2 amide bonds. The van der Waals surface area contributed by atoms with Crippen LogP contribution in [-0.4, -0.2) is 60.5 Å². The van der Waals surface area contributed by atoms with Gasteiger partial charge < -0.3 is 14.5 Å². The van der Waals surface area contributed by atoms with Crippen LogP contribution in [0.5, 0.6) is 0 Å². The maximum absolute atomic E-state index is 13.4. The van der Waals surface area contributed by atoms with E-state index in [0.29, 0.717) is 32.5 Å². The Hall–Kier alpha value is -2.66. The van der Waals surface area contributed by atoms with Gasteiger partial charge in [-0.1, -0.05) is 61.5 Å². The summed E-state index contributed by atoms with van der Waals surface area (Å²) in [6.45, 7) is 5.40. The van der Waals surface area contributed by atoms with Gasteiger partial charge in [0.1, 0.15) is 0 Å². The molecule has 2 aromatic carbocycles. The number of hydrogen-bond acceptors (Lipinski definition) is 3. The number of ether oxygens (including phenoxy) is 1. The van der Waals surface area contributed by atoms with Gasteiger partial charge in [0.15, 0.2) is 0 Å². The molecule has 0 aromatic heterocycles. The standard InChI is InChI=1S/C28H36N2O3/c1-2-15-29-16-17-30(27(31)14-13-26-12-7-18-33-26)21-25(28(29)32)20-22-8-6-11-24(19-22)23-9-4-3-5-10-23/h3-6,8-11,19,25-26H,2,7,12-18,20-21H2,1H3/t25-,26+/m0/s1. The van der Waals surface area contributed by atoms with Crippen LogP contribution in [0.25, 0.3) is 11.1 Å². The number of carbonyl (C=O) groups is 2. The van der Waals surface area contributed by atoms with Crippen molar-refractivity contribution in [3.63, 3.8) is 0 Å². The Morgan fingerprint density at radius 3 is 2.64 bits per heavy atom. The summed E-state index contributed by atoms with van der Waals surface area (Å²) >= 11 is 0. The molecule has 5 heteroatoms. The molecule has 0 aliphatic carbocycles. The first-order chi connectivity index (χ1) is 16.1. The second kappa shape index (κ2) is 11.5. The second-order valence-electron chi connectivity index (χ2n) is 9.31. The number of hydrogen-bond donors (Lipinski definition) is 0. The average Bonchev–Trinajstić information content (AvgIpc) is 3.32. The van der Waals surface area contributed by atoms with E-state index in [1.807, 2.05) is 28.0 Å². The molecule has 2 fully saturated rings. The number of benzene rings is 2. The largest absolute Gasteiger partial charge is 0.378 e. The molecule has 0 spiro atoms. The third-order valence-electron chi connectivity index (χ3n) is 6.81. The van der Waals surface area contributed by atoms with Crippen molar-refractivity contribution < 1.29 is 14.3 Å². The molecule has 2 aromatic rings. The van der Waals surface area contributed by atoms with Gasteiger partial charge in [-0.15, -0.1) is 0 Å². The lowest BCUT2D eigenvalue weighted by molar-refractivity contribution is -0.135. The summed E-state index contributed by atoms with van der Waals surface area (Å²) in [5.41, 5.74) is 3.47. The minimum absolute atomic E-state index is 0.152. The van der Waals surface area contributed by atoms with Crippen molar-refractivity contribution in [2.45, 2.75) is 51.6 Å². The molecular weight excluding hydrogens is 412 g/mol. The maximum Gasteiger partial charge on any atom is 0.227 e. The van der Waals surface area contributed by atoms with E-state index in [2.05, 4.69) is 43.3 Å². The molecule has 176 valence electrons. The van der Waals surface area contributed by atoms with Gasteiger partial charge >= 0.3 is 0 Å². The predicted octanol–water partition coefficient (Wildman–Crippen LogP) is 4.55. The summed E-state index contributed by atoms with van der Waals surface area (Å²) in [7, 11) is 0. The molecule has 0 bridgehead atoms. The minimum Gasteiger partial charge on any atom is -0.378 e. The van der Waals surface area contributed by atoms with Gasteiger partial charge in [-0.3, -0.25) is 9.59 Å². The third kappa shape index (κ3) is 6.23. The summed E-state index contributed by atoms with van der Waals surface area (Å²) in [6.07, 6.45) is 5.22. The summed E-state index contributed by atoms with van der Waals surface area (Å²) in [4.78, 5) is 30.3. The van der Waals surface area contributed by atoms with E-state index in [0.717, 1.165) is 50.0 Å². The molecule has 0 unspecified atom stereocenters. The van der Waals surface area contributed by atoms with Crippen LogP contribution in [0.3, 0.4) is 0 Å². The Kier molecular flexibility index (Phi) is 8.16. The van der Waals surface area contributed by atoms with Crippen LogP contribution >= 0.6 is 0 Å². The molecule has 5 nitrogen and oxygen atoms in total. The average molecular weight is 449 g/mol. The highest BCUT2D eigenvalue weighted by atomic mass is 16.5. The molecule has 2 aliphatic rings. The highest BCUT2D eigenvalue weighted by Gasteiger charge is 2.32. The van der Waals surface area contributed by atoms with Crippen LogP contribution in [-0.2, 0) is 20.7 Å². The van der Waals surface area contributed by atoms with Crippen LogP contribution in [0.2, 0.25) is 0 Å². The van der Waals surface area contributed by atoms with Gasteiger partial charge in [0.05, 0.1) is 12.0 Å². The van der Waals surface area contributed by atoms with Gasteiger partial charge in [0.25, 0.3) is 0 Å². The van der Waals surface area contributed by atoms with Crippen molar-refractivity contribution in [1.29, 1.82) is 0 Å². The molecule has 4 rings (SSSR count). The first-order valence-corrected chi connectivity index (χ1v) is 12.5. The highest BCUT2D eigenvalue weighted by molar-refractivity contribution is 5.82. The Morgan fingerprint density at radius 1 is 1.06 bits per heavy atom. The Morgan fingerprint density at radius 2 is 1.88 bits per heavy atom. The molecule has 0 radical (unpaired) electrons. The fourth-order valence-corrected chi connectivity index (χ4v) is 5.02. The van der Waals surface area contributed by atoms with E-state index in [1.165, 1.54) is 5.56 Å². The summed E-state index contributed by atoms with van der Waals surface area (Å²) in [6, 6.07) is 18.8. The highest BCUT2D eigenvalue weighted by Crippen LogP contribution is 2.24. The number of amides is 2. The fraction of sp³-hybridized carbons (Fsp3) is 0.500. The molecule has 0 saturated carbocycles. The smallest absolute Gasteiger partial charge is 0.227 e. The molecule has 2 saturated heterocycles. The van der Waals surface area contributed by atoms with Crippen molar-refractivity contribution in [2.75, 3.05) is 32.8 Å². The third-order valence-corrected chi connectivity index (χ3v) is 6.81. The van der Waals surface area contributed by atoms with Crippen molar-refractivity contribution in [3.05, 3.63) is 60.2 Å². The maximum atomic E-state index is 13.4. The number of carbonyl (C=O) groups excluding carboxylic acids is 2. The van der Waals surface area contributed by atoms with E-state index in [1.54, 1.807) is 0 Å². The van der Waals surface area contributed by atoms with Crippen LogP contribution in [0, 0.1) is 5.92 Å². The van der Waals surface area contributed by atoms with E-state index in [4.69, 9.17) is 4.74 Å². The molecule has 2 atom stereocenters. The van der Waals surface area contributed by atoms with Gasteiger partial charge in [-0.05, 0) is 48.8 Å². The molecule has 33 heavy (non-hydrogen) atoms. The lowest BCUT2D eigenvalue weighted by atomic mass is 9.94. The van der Waals surface area contributed by atoms with Crippen LogP contribution in [0.1, 0.15) is 44.6 Å². The Balaban J connectivity index is 1.47. The topological polar surface area (TPSA) is 49.9 Å². The van der Waals surface area contributed by atoms with E-state index >= 15 is 0 Å². The quantitative estimate of drug-likeness (QED) is 0.595. The van der Waals surface area contributed by atoms with E-state index in [9.17, 15) is 9.59 Å². The van der Waals surface area contributed by atoms with Crippen molar-refractivity contribution in [1.82, 2.24) is 9.80 Å². The first kappa shape index (κ1) is 23.5. The number of nitrogens with zero attached hydrogens (tertiary/aromatic N) is 2. The second-order valence-corrected chi connectivity index (χ2v) is 9.31. The minimum atomic E-state index is -0.211. The zero-order valence-corrected chi connectivity index (χ0v) is 19.7. The molecule has 0 N–H and O–H groups in total. The van der Waals surface area contributed by atoms with Crippen LogP contribution in [0.4, 0.5) is 0 Å². The molecule has 2 aliphatic heterocycles. The SMILES string of the molecule is CCCN1CCN(C(=O)CC[C@H]2CCCO2)C[C@H](Cc2cccc(-c3ccccc3)c2)C1=O. The lowest BCUT2D eigenvalue weighted by Gasteiger charge is -2.24. The molecular formula is C28H36N2O3. The van der Waals surface area contributed by atoms with Gasteiger partial charge in [0.2, 0.25) is 11.8 Å². The normalized spacial score (nSPS) is 21.3. The van der Waals surface area contributed by atoms with Gasteiger partial charge in [-0.25, -0.2) is 0 Å². The van der Waals surface area contributed by atoms with Crippen LogP contribution < -0.4 is 0 Å². The Bertz CT molecular complexity index is 924. The summed E-state index contributed by atoms with van der Waals surface area (Å²) in [5.74, 6) is 0.118. The van der Waals surface area contributed by atoms with Gasteiger partial charge in [-0.2, -0.15) is 0 Å². The Labute approximate surface area is 197 Å². The van der Waals surface area contributed by atoms with Crippen LogP contribution in [0.15, 0.2) is 54.6 Å². The first-order valence-electron chi connectivity index (χ1n) is 12.5. The van der Waals surface area contributed by atoms with Crippen molar-refractivity contribution in [2.24, 2.45) is 5.92 Å². The summed E-state index contributed by atoms with van der Waals surface area (Å²) in [5, 5.41) is 0. The van der Waals surface area contributed by atoms with E-state index in [-0.39, 0.29) is 23.8 Å². The fourth-order valence-electron chi connectivity index (χ4n) is 5.02. The predicted molar refractivity (Wildman–Crippen MR) is 131 cm³/mol. The zero-order valence-electron chi connectivity index (χ0n) is 19.7. The number of rotatable bonds is 8. The van der Waals surface area contributed by atoms with Crippen molar-refractivity contribution in [3.8, 4) is 11.1 Å². The van der Waals surface area contributed by atoms with E-state index < -0.39 is 0 Å². The monoisotopic (exact) mass is 448 g/mol. The van der Waals surface area contributed by atoms with Crippen molar-refractivity contribution >= 4 is 11.8 Å². The zero-order chi connectivity index (χ0) is 23.0. The van der Waals surface area contributed by atoms with Gasteiger partial charge in [0, 0.05) is 39.2 Å². The molecule has 2 heterocycles. The summed E-state index contributed by atoms with van der Waals surface area (Å²) < 4.78 is 5.70. The lowest BCUT2D eigenvalue weighted by Crippen LogP contribution is -2.38.